The highest BCUT2D eigenvalue weighted by Crippen LogP contribution is 2.40. The minimum Gasteiger partial charge on any atom is -0.481 e. The Morgan fingerprint density at radius 2 is 1.53 bits per heavy atom. The summed E-state index contributed by atoms with van der Waals surface area (Å²) in [4.78, 5) is 37.2. The molecule has 8 nitrogen and oxygen atoms in total. The molecule has 0 spiro atoms. The second-order valence-corrected chi connectivity index (χ2v) is 9.24. The summed E-state index contributed by atoms with van der Waals surface area (Å²) in [6.07, 6.45) is 12.9. The van der Waals surface area contributed by atoms with E-state index in [4.69, 9.17) is 9.63 Å². The molecule has 3 rings (SSSR count). The van der Waals surface area contributed by atoms with E-state index >= 15 is 0 Å². The number of rotatable bonds is 14. The number of nitrogens with one attached hydrogen (secondary N) is 1. The zero-order chi connectivity index (χ0) is 22.8. The zero-order valence-corrected chi connectivity index (χ0v) is 19.0. The topological polar surface area (TPSA) is 113 Å². The fourth-order valence-electron chi connectivity index (χ4n) is 4.26. The van der Waals surface area contributed by atoms with Crippen LogP contribution in [0, 0.1) is 0 Å². The second kappa shape index (κ2) is 12.6. The number of carboxylic acid groups (broad SMARTS) is 1. The summed E-state index contributed by atoms with van der Waals surface area (Å²) in [6, 6.07) is 1.83. The molecule has 0 aromatic carbocycles. The maximum absolute atomic E-state index is 12.5. The number of nitrogens with zero attached hydrogens (tertiary/aromatic N) is 2. The quantitative estimate of drug-likeness (QED) is 0.412. The lowest BCUT2D eigenvalue weighted by atomic mass is 10.0. The molecule has 1 saturated heterocycles. The van der Waals surface area contributed by atoms with Crippen molar-refractivity contribution in [2.45, 2.75) is 102 Å². The average Bonchev–Trinajstić information content (AvgIpc) is 3.51. The van der Waals surface area contributed by atoms with Crippen LogP contribution in [0.5, 0.6) is 0 Å². The van der Waals surface area contributed by atoms with Gasteiger partial charge in [-0.05, 0) is 38.5 Å². The minimum atomic E-state index is -0.711. The van der Waals surface area contributed by atoms with E-state index in [-0.39, 0.29) is 24.3 Å². The van der Waals surface area contributed by atoms with Crippen LogP contribution < -0.4 is 5.32 Å². The van der Waals surface area contributed by atoms with E-state index < -0.39 is 5.97 Å². The van der Waals surface area contributed by atoms with Crippen molar-refractivity contribution in [3.05, 3.63) is 17.5 Å². The van der Waals surface area contributed by atoms with Crippen LogP contribution in [0.4, 0.5) is 0 Å². The van der Waals surface area contributed by atoms with Crippen molar-refractivity contribution in [1.29, 1.82) is 0 Å². The van der Waals surface area contributed by atoms with Crippen molar-refractivity contribution >= 4 is 17.8 Å². The number of amides is 2. The molecular weight excluding hydrogens is 410 g/mol. The highest BCUT2D eigenvalue weighted by atomic mass is 16.5. The molecule has 2 N–H and O–H groups in total. The van der Waals surface area contributed by atoms with Gasteiger partial charge in [-0.1, -0.05) is 43.7 Å². The maximum Gasteiger partial charge on any atom is 0.303 e. The molecule has 8 heteroatoms. The van der Waals surface area contributed by atoms with Gasteiger partial charge in [0.2, 0.25) is 5.91 Å². The number of carboxylic acids is 1. The molecule has 1 aliphatic heterocycles. The zero-order valence-electron chi connectivity index (χ0n) is 19.0. The van der Waals surface area contributed by atoms with Gasteiger partial charge in [0.15, 0.2) is 5.69 Å². The fourth-order valence-corrected chi connectivity index (χ4v) is 4.26. The summed E-state index contributed by atoms with van der Waals surface area (Å²) in [5.74, 6) is 0.568. The summed E-state index contributed by atoms with van der Waals surface area (Å²) in [6.45, 7) is 1.37. The Hall–Kier alpha value is -2.38. The smallest absolute Gasteiger partial charge is 0.303 e. The number of aliphatic carboxylic acids is 1. The molecule has 0 radical (unpaired) electrons. The van der Waals surface area contributed by atoms with Crippen LogP contribution in [-0.4, -0.2) is 52.1 Å². The van der Waals surface area contributed by atoms with Gasteiger partial charge in [-0.2, -0.15) is 0 Å². The summed E-state index contributed by atoms with van der Waals surface area (Å²) in [7, 11) is 0. The van der Waals surface area contributed by atoms with E-state index in [0.717, 1.165) is 82.8 Å². The van der Waals surface area contributed by atoms with Crippen LogP contribution >= 0.6 is 0 Å². The fraction of sp³-hybridized carbons (Fsp3) is 0.750. The first kappa shape index (κ1) is 24.3. The number of carbonyl (C=O) groups is 3. The predicted octanol–water partition coefficient (Wildman–Crippen LogP) is 4.26. The number of piperidine rings is 1. The Bertz CT molecular complexity index is 751. The Morgan fingerprint density at radius 3 is 2.12 bits per heavy atom. The van der Waals surface area contributed by atoms with Crippen LogP contribution in [-0.2, 0) is 9.59 Å². The van der Waals surface area contributed by atoms with E-state index in [9.17, 15) is 14.4 Å². The monoisotopic (exact) mass is 447 g/mol. The molecule has 2 amide bonds. The number of hydrogen-bond donors (Lipinski definition) is 2. The summed E-state index contributed by atoms with van der Waals surface area (Å²) < 4.78 is 5.26. The van der Waals surface area contributed by atoms with Gasteiger partial charge in [-0.15, -0.1) is 0 Å². The van der Waals surface area contributed by atoms with Gasteiger partial charge in [-0.25, -0.2) is 0 Å². The molecule has 178 valence electrons. The van der Waals surface area contributed by atoms with Gasteiger partial charge in [-0.3, -0.25) is 14.4 Å². The van der Waals surface area contributed by atoms with Crippen molar-refractivity contribution in [3.8, 4) is 0 Å². The van der Waals surface area contributed by atoms with Gasteiger partial charge < -0.3 is 19.8 Å². The van der Waals surface area contributed by atoms with Gasteiger partial charge in [0, 0.05) is 44.0 Å². The summed E-state index contributed by atoms with van der Waals surface area (Å²) in [5.41, 5.74) is 0.352. The van der Waals surface area contributed by atoms with Crippen molar-refractivity contribution in [2.24, 2.45) is 0 Å². The predicted molar refractivity (Wildman–Crippen MR) is 119 cm³/mol. The number of aromatic nitrogens is 1. The molecule has 1 saturated carbocycles. The normalized spacial score (nSPS) is 16.8. The Kier molecular flexibility index (Phi) is 9.56. The molecule has 0 atom stereocenters. The molecule has 2 aliphatic rings. The van der Waals surface area contributed by atoms with Crippen LogP contribution in [0.25, 0.3) is 0 Å². The van der Waals surface area contributed by atoms with Gasteiger partial charge >= 0.3 is 5.97 Å². The first-order valence-corrected chi connectivity index (χ1v) is 12.3. The highest BCUT2D eigenvalue weighted by molar-refractivity contribution is 5.92. The third-order valence-electron chi connectivity index (χ3n) is 6.45. The second-order valence-electron chi connectivity index (χ2n) is 9.24. The molecule has 2 fully saturated rings. The first-order valence-electron chi connectivity index (χ1n) is 12.3. The van der Waals surface area contributed by atoms with Crippen molar-refractivity contribution in [1.82, 2.24) is 15.4 Å². The third-order valence-corrected chi connectivity index (χ3v) is 6.45. The van der Waals surface area contributed by atoms with Gasteiger partial charge in [0.25, 0.3) is 5.91 Å². The Morgan fingerprint density at radius 1 is 0.938 bits per heavy atom. The average molecular weight is 448 g/mol. The molecular formula is C24H37N3O5. The van der Waals surface area contributed by atoms with Crippen LogP contribution in [0.3, 0.4) is 0 Å². The third kappa shape index (κ3) is 8.28. The summed E-state index contributed by atoms with van der Waals surface area (Å²) >= 11 is 0. The summed E-state index contributed by atoms with van der Waals surface area (Å²) in [5, 5.41) is 15.5. The van der Waals surface area contributed by atoms with E-state index in [1.165, 1.54) is 0 Å². The Labute approximate surface area is 190 Å². The molecule has 1 aliphatic carbocycles. The lowest BCUT2D eigenvalue weighted by Crippen LogP contribution is -2.46. The molecule has 2 heterocycles. The van der Waals surface area contributed by atoms with Crippen LogP contribution in [0.2, 0.25) is 0 Å². The van der Waals surface area contributed by atoms with Crippen molar-refractivity contribution in [3.63, 3.8) is 0 Å². The maximum atomic E-state index is 12.5. The lowest BCUT2D eigenvalue weighted by molar-refractivity contribution is -0.137. The molecule has 32 heavy (non-hydrogen) atoms. The van der Waals surface area contributed by atoms with Crippen molar-refractivity contribution < 1.29 is 24.0 Å². The van der Waals surface area contributed by atoms with E-state index in [1.54, 1.807) is 6.07 Å². The van der Waals surface area contributed by atoms with E-state index in [0.29, 0.717) is 31.1 Å². The van der Waals surface area contributed by atoms with E-state index in [1.807, 2.05) is 4.90 Å². The minimum absolute atomic E-state index is 0.0723. The molecule has 0 unspecified atom stereocenters. The molecule has 0 bridgehead atoms. The SMILES string of the molecule is O=C(O)CCCCCCCCCCC(=O)N1CCC(NC(=O)c2cc(C3CC3)on2)CC1. The largest absolute Gasteiger partial charge is 0.481 e. The molecule has 1 aromatic heterocycles. The molecule has 1 aromatic rings. The van der Waals surface area contributed by atoms with Crippen LogP contribution in [0.15, 0.2) is 10.6 Å². The standard InChI is InChI=1S/C24H37N3O5/c28-22(9-7-5-3-1-2-4-6-8-10-23(29)30)27-15-13-19(14-16-27)25-24(31)20-17-21(32-26-20)18-11-12-18/h17-19H,1-16H2,(H,25,31)(H,29,30). The van der Waals surface area contributed by atoms with Gasteiger partial charge in [0.1, 0.15) is 5.76 Å². The van der Waals surface area contributed by atoms with E-state index in [2.05, 4.69) is 10.5 Å². The van der Waals surface area contributed by atoms with Crippen LogP contribution in [0.1, 0.15) is 112 Å². The number of hydrogen-bond acceptors (Lipinski definition) is 5. The number of likely N-dealkylation sites (tertiary alicyclic amines) is 1. The lowest BCUT2D eigenvalue weighted by Gasteiger charge is -2.32. The highest BCUT2D eigenvalue weighted by Gasteiger charge is 2.30. The number of carbonyl (C=O) groups excluding carboxylic acids is 2. The first-order chi connectivity index (χ1) is 15.5. The Balaban J connectivity index is 1.20. The van der Waals surface area contributed by atoms with Crippen molar-refractivity contribution in [2.75, 3.05) is 13.1 Å². The number of unbranched alkanes of at least 4 members (excludes halogenated alkanes) is 7. The van der Waals surface area contributed by atoms with Gasteiger partial charge in [0.05, 0.1) is 0 Å².